The van der Waals surface area contributed by atoms with E-state index in [1.807, 2.05) is 0 Å². The van der Waals surface area contributed by atoms with Crippen molar-refractivity contribution in [3.63, 3.8) is 0 Å². The van der Waals surface area contributed by atoms with Crippen molar-refractivity contribution in [1.82, 2.24) is 5.32 Å². The van der Waals surface area contributed by atoms with Crippen molar-refractivity contribution >= 4 is 27.3 Å². The van der Waals surface area contributed by atoms with Crippen molar-refractivity contribution in [2.24, 2.45) is 0 Å². The Morgan fingerprint density at radius 3 is 2.46 bits per heavy atom. The first-order chi connectivity index (χ1) is 12.1. The molecule has 26 heavy (non-hydrogen) atoms. The first-order valence-corrected chi connectivity index (χ1v) is 9.27. The Morgan fingerprint density at radius 1 is 1.15 bits per heavy atom. The molecular formula is C17H19N3O5S. The number of nitro groups is 1. The van der Waals surface area contributed by atoms with E-state index in [-0.39, 0.29) is 33.8 Å². The molecule has 0 fully saturated rings. The highest BCUT2D eigenvalue weighted by Crippen LogP contribution is 2.22. The maximum absolute atomic E-state index is 12.6. The quantitative estimate of drug-likeness (QED) is 0.593. The molecule has 1 amide bonds. The highest BCUT2D eigenvalue weighted by molar-refractivity contribution is 7.92. The molecule has 0 heterocycles. The van der Waals surface area contributed by atoms with Crippen LogP contribution in [-0.2, 0) is 10.0 Å². The van der Waals surface area contributed by atoms with E-state index in [4.69, 9.17) is 0 Å². The lowest BCUT2D eigenvalue weighted by atomic mass is 10.1. The van der Waals surface area contributed by atoms with E-state index in [0.29, 0.717) is 5.56 Å². The van der Waals surface area contributed by atoms with Crippen molar-refractivity contribution in [1.29, 1.82) is 0 Å². The number of carbonyl (C=O) groups excluding carboxylic acids is 1. The summed E-state index contributed by atoms with van der Waals surface area (Å²) in [5, 5.41) is 13.5. The summed E-state index contributed by atoms with van der Waals surface area (Å²) in [6.07, 6.45) is 0. The summed E-state index contributed by atoms with van der Waals surface area (Å²) in [6, 6.07) is 9.28. The van der Waals surface area contributed by atoms with Crippen LogP contribution in [0.5, 0.6) is 0 Å². The third-order valence-corrected chi connectivity index (χ3v) is 4.87. The van der Waals surface area contributed by atoms with Gasteiger partial charge in [-0.15, -0.1) is 0 Å². The Bertz CT molecular complexity index is 955. The minimum Gasteiger partial charge on any atom is -0.350 e. The Morgan fingerprint density at radius 2 is 1.85 bits per heavy atom. The van der Waals surface area contributed by atoms with Gasteiger partial charge in [0.2, 0.25) is 0 Å². The van der Waals surface area contributed by atoms with Gasteiger partial charge in [-0.05, 0) is 44.5 Å². The second-order valence-electron chi connectivity index (χ2n) is 6.02. The molecule has 9 heteroatoms. The molecule has 0 radical (unpaired) electrons. The highest BCUT2D eigenvalue weighted by atomic mass is 32.2. The second kappa shape index (κ2) is 7.52. The lowest BCUT2D eigenvalue weighted by molar-refractivity contribution is -0.384. The van der Waals surface area contributed by atoms with Gasteiger partial charge in [0.1, 0.15) is 0 Å². The number of nitro benzene ring substituents is 1. The summed E-state index contributed by atoms with van der Waals surface area (Å²) < 4.78 is 27.4. The van der Waals surface area contributed by atoms with Crippen LogP contribution in [0.3, 0.4) is 0 Å². The SMILES string of the molecule is Cc1ccc(S(=O)(=O)Nc2cccc([N+](=O)[O-])c2)cc1C(=O)NC(C)C. The fraction of sp³-hybridized carbons (Fsp3) is 0.235. The Balaban J connectivity index is 2.36. The topological polar surface area (TPSA) is 118 Å². The molecule has 2 rings (SSSR count). The summed E-state index contributed by atoms with van der Waals surface area (Å²) in [7, 11) is -4.01. The first kappa shape index (κ1) is 19.4. The van der Waals surface area contributed by atoms with Crippen molar-refractivity contribution < 1.29 is 18.1 Å². The minimum atomic E-state index is -4.01. The number of amides is 1. The zero-order valence-electron chi connectivity index (χ0n) is 14.5. The lowest BCUT2D eigenvalue weighted by Crippen LogP contribution is -2.30. The zero-order valence-corrected chi connectivity index (χ0v) is 15.3. The number of non-ortho nitro benzene ring substituents is 1. The molecule has 2 N–H and O–H groups in total. The summed E-state index contributed by atoms with van der Waals surface area (Å²) in [4.78, 5) is 22.3. The molecule has 0 aliphatic heterocycles. The molecule has 0 aliphatic carbocycles. The van der Waals surface area contributed by atoms with E-state index in [9.17, 15) is 23.3 Å². The van der Waals surface area contributed by atoms with Gasteiger partial charge in [0, 0.05) is 23.7 Å². The van der Waals surface area contributed by atoms with Crippen LogP contribution in [0.4, 0.5) is 11.4 Å². The van der Waals surface area contributed by atoms with Gasteiger partial charge in [-0.2, -0.15) is 0 Å². The van der Waals surface area contributed by atoms with Gasteiger partial charge in [-0.1, -0.05) is 12.1 Å². The average Bonchev–Trinajstić information content (AvgIpc) is 2.54. The van der Waals surface area contributed by atoms with Gasteiger partial charge in [0.05, 0.1) is 15.5 Å². The molecule has 0 bridgehead atoms. The number of rotatable bonds is 6. The predicted octanol–water partition coefficient (Wildman–Crippen LogP) is 2.84. The fourth-order valence-electron chi connectivity index (χ4n) is 2.25. The normalized spacial score (nSPS) is 11.2. The fourth-order valence-corrected chi connectivity index (χ4v) is 3.33. The number of anilines is 1. The van der Waals surface area contributed by atoms with E-state index in [1.165, 1.54) is 36.4 Å². The maximum atomic E-state index is 12.6. The van der Waals surface area contributed by atoms with Crippen LogP contribution in [0, 0.1) is 17.0 Å². The predicted molar refractivity (Wildman–Crippen MR) is 97.7 cm³/mol. The number of carbonyl (C=O) groups is 1. The van der Waals surface area contributed by atoms with Crippen molar-refractivity contribution in [2.75, 3.05) is 4.72 Å². The number of sulfonamides is 1. The molecule has 0 saturated carbocycles. The molecule has 0 aliphatic rings. The number of nitrogens with one attached hydrogen (secondary N) is 2. The number of hydrogen-bond donors (Lipinski definition) is 2. The smallest absolute Gasteiger partial charge is 0.271 e. The van der Waals surface area contributed by atoms with Crippen LogP contribution in [0.25, 0.3) is 0 Å². The molecule has 2 aromatic rings. The molecule has 8 nitrogen and oxygen atoms in total. The van der Waals surface area contributed by atoms with Crippen molar-refractivity contribution in [2.45, 2.75) is 31.7 Å². The van der Waals surface area contributed by atoms with E-state index < -0.39 is 14.9 Å². The molecule has 138 valence electrons. The molecule has 0 unspecified atom stereocenters. The molecule has 2 aromatic carbocycles. The van der Waals surface area contributed by atoms with Crippen LogP contribution < -0.4 is 10.0 Å². The van der Waals surface area contributed by atoms with Gasteiger partial charge >= 0.3 is 0 Å². The number of nitrogens with zero attached hydrogens (tertiary/aromatic N) is 1. The van der Waals surface area contributed by atoms with Crippen molar-refractivity contribution in [3.05, 3.63) is 63.7 Å². The molecule has 0 spiro atoms. The summed E-state index contributed by atoms with van der Waals surface area (Å²) in [5.74, 6) is -0.370. The monoisotopic (exact) mass is 377 g/mol. The standard InChI is InChI=1S/C17H19N3O5S/c1-11(2)18-17(21)16-10-15(8-7-12(16)3)26(24,25)19-13-5-4-6-14(9-13)20(22)23/h4-11,19H,1-3H3,(H,18,21). The van der Waals surface area contributed by atoms with E-state index >= 15 is 0 Å². The van der Waals surface area contributed by atoms with Crippen LogP contribution in [0.15, 0.2) is 47.4 Å². The Hall–Kier alpha value is -2.94. The van der Waals surface area contributed by atoms with Gasteiger partial charge < -0.3 is 5.32 Å². The van der Waals surface area contributed by atoms with E-state index in [2.05, 4.69) is 10.0 Å². The second-order valence-corrected chi connectivity index (χ2v) is 7.70. The third-order valence-electron chi connectivity index (χ3n) is 3.49. The lowest BCUT2D eigenvalue weighted by Gasteiger charge is -2.13. The van der Waals surface area contributed by atoms with Gasteiger partial charge in [0.25, 0.3) is 21.6 Å². The van der Waals surface area contributed by atoms with E-state index in [1.54, 1.807) is 20.8 Å². The minimum absolute atomic E-state index is 0.0629. The summed E-state index contributed by atoms with van der Waals surface area (Å²) in [5.41, 5.74) is 0.720. The molecule has 0 atom stereocenters. The highest BCUT2D eigenvalue weighted by Gasteiger charge is 2.19. The first-order valence-electron chi connectivity index (χ1n) is 7.79. The van der Waals surface area contributed by atoms with Gasteiger partial charge in [-0.3, -0.25) is 19.6 Å². The van der Waals surface area contributed by atoms with Gasteiger partial charge in [-0.25, -0.2) is 8.42 Å². The third kappa shape index (κ3) is 4.57. The molecule has 0 saturated heterocycles. The van der Waals surface area contributed by atoms with E-state index in [0.717, 1.165) is 6.07 Å². The zero-order chi connectivity index (χ0) is 19.5. The number of aryl methyl sites for hydroxylation is 1. The Labute approximate surface area is 151 Å². The number of hydrogen-bond acceptors (Lipinski definition) is 5. The summed E-state index contributed by atoms with van der Waals surface area (Å²) >= 11 is 0. The van der Waals surface area contributed by atoms with Crippen LogP contribution >= 0.6 is 0 Å². The largest absolute Gasteiger partial charge is 0.350 e. The average molecular weight is 377 g/mol. The van der Waals surface area contributed by atoms with Crippen molar-refractivity contribution in [3.8, 4) is 0 Å². The van der Waals surface area contributed by atoms with Crippen LogP contribution in [0.1, 0.15) is 29.8 Å². The van der Waals surface area contributed by atoms with Gasteiger partial charge in [0.15, 0.2) is 0 Å². The maximum Gasteiger partial charge on any atom is 0.271 e. The Kier molecular flexibility index (Phi) is 5.61. The molecule has 0 aromatic heterocycles. The summed E-state index contributed by atoms with van der Waals surface area (Å²) in [6.45, 7) is 5.31. The number of benzene rings is 2. The van der Waals surface area contributed by atoms with Crippen LogP contribution in [0.2, 0.25) is 0 Å². The molecular weight excluding hydrogens is 358 g/mol. The van der Waals surface area contributed by atoms with Crippen LogP contribution in [-0.4, -0.2) is 25.3 Å².